The number of carbonyl (C=O) groups excluding carboxylic acids is 1. The van der Waals surface area contributed by atoms with Crippen LogP contribution in [0.25, 0.3) is 17.3 Å². The molecule has 0 atom stereocenters. The van der Waals surface area contributed by atoms with Crippen molar-refractivity contribution in [3.8, 4) is 28.5 Å². The standard InChI is InChI=1S/C20H15N3O6S/c1-9-6-15(25)16(19(28)29-9)13-8-30-20(21-13)23-18(27)12(10(2)22-23)7-11-4-3-5-14(24)17(11)26/h3-8,24-26H,1-2H3/b12-7-. The second-order valence-electron chi connectivity index (χ2n) is 6.50. The van der Waals surface area contributed by atoms with Gasteiger partial charge in [0.05, 0.1) is 17.0 Å². The SMILES string of the molecule is CC1=NN(c2nc(-c3c(O)cc(C)oc3=O)cs2)C(=O)/C1=C\c1cccc(O)c1O. The Labute approximate surface area is 173 Å². The van der Waals surface area contributed by atoms with Crippen LogP contribution in [0.1, 0.15) is 18.2 Å². The second-order valence-corrected chi connectivity index (χ2v) is 7.33. The van der Waals surface area contributed by atoms with E-state index in [0.29, 0.717) is 5.71 Å². The molecule has 3 heterocycles. The van der Waals surface area contributed by atoms with E-state index in [-0.39, 0.29) is 50.5 Å². The Kier molecular flexibility index (Phi) is 4.63. The van der Waals surface area contributed by atoms with Crippen LogP contribution >= 0.6 is 11.3 Å². The molecule has 0 saturated heterocycles. The van der Waals surface area contributed by atoms with Gasteiger partial charge in [-0.1, -0.05) is 12.1 Å². The van der Waals surface area contributed by atoms with Crippen LogP contribution in [0.4, 0.5) is 5.13 Å². The second kappa shape index (κ2) is 7.16. The number of aryl methyl sites for hydroxylation is 1. The van der Waals surface area contributed by atoms with Gasteiger partial charge in [0.25, 0.3) is 5.91 Å². The van der Waals surface area contributed by atoms with E-state index in [1.807, 2.05) is 0 Å². The Morgan fingerprint density at radius 3 is 2.63 bits per heavy atom. The average Bonchev–Trinajstić information content (AvgIpc) is 3.24. The van der Waals surface area contributed by atoms with Crippen LogP contribution in [0.5, 0.6) is 17.2 Å². The molecule has 1 aliphatic heterocycles. The van der Waals surface area contributed by atoms with Crippen molar-refractivity contribution in [2.24, 2.45) is 5.10 Å². The molecule has 3 aromatic rings. The summed E-state index contributed by atoms with van der Waals surface area (Å²) in [4.78, 5) is 29.2. The summed E-state index contributed by atoms with van der Waals surface area (Å²) >= 11 is 1.06. The molecule has 1 aromatic carbocycles. The summed E-state index contributed by atoms with van der Waals surface area (Å²) in [5, 5.41) is 36.7. The molecule has 3 N–H and O–H groups in total. The van der Waals surface area contributed by atoms with Crippen LogP contribution in [0.15, 0.2) is 49.5 Å². The molecule has 0 saturated carbocycles. The molecular weight excluding hydrogens is 410 g/mol. The molecule has 4 rings (SSSR count). The van der Waals surface area contributed by atoms with Crippen LogP contribution in [0.2, 0.25) is 0 Å². The smallest absolute Gasteiger partial charge is 0.349 e. The number of carbonyl (C=O) groups is 1. The van der Waals surface area contributed by atoms with Gasteiger partial charge in [-0.05, 0) is 26.0 Å². The van der Waals surface area contributed by atoms with E-state index in [2.05, 4.69) is 10.1 Å². The van der Waals surface area contributed by atoms with Gasteiger partial charge in [-0.2, -0.15) is 10.1 Å². The number of aromatic nitrogens is 1. The lowest BCUT2D eigenvalue weighted by molar-refractivity contribution is -0.114. The molecule has 0 aliphatic carbocycles. The minimum Gasteiger partial charge on any atom is -0.507 e. The van der Waals surface area contributed by atoms with Crippen LogP contribution in [-0.2, 0) is 4.79 Å². The molecule has 0 unspecified atom stereocenters. The highest BCUT2D eigenvalue weighted by molar-refractivity contribution is 7.14. The van der Waals surface area contributed by atoms with Crippen molar-refractivity contribution >= 4 is 34.2 Å². The van der Waals surface area contributed by atoms with Gasteiger partial charge in [-0.3, -0.25) is 4.79 Å². The minimum atomic E-state index is -0.739. The van der Waals surface area contributed by atoms with Gasteiger partial charge in [0, 0.05) is 17.0 Å². The molecule has 152 valence electrons. The first-order chi connectivity index (χ1) is 14.3. The number of benzene rings is 1. The third kappa shape index (κ3) is 3.22. The van der Waals surface area contributed by atoms with E-state index in [9.17, 15) is 24.9 Å². The zero-order valence-electron chi connectivity index (χ0n) is 15.8. The van der Waals surface area contributed by atoms with Gasteiger partial charge in [-0.15, -0.1) is 11.3 Å². The summed E-state index contributed by atoms with van der Waals surface area (Å²) in [5.41, 5.74) is 0.178. The first-order valence-electron chi connectivity index (χ1n) is 8.68. The summed E-state index contributed by atoms with van der Waals surface area (Å²) in [6, 6.07) is 5.72. The Morgan fingerprint density at radius 2 is 1.90 bits per heavy atom. The van der Waals surface area contributed by atoms with Crippen molar-refractivity contribution in [2.45, 2.75) is 13.8 Å². The monoisotopic (exact) mass is 425 g/mol. The highest BCUT2D eigenvalue weighted by atomic mass is 32.1. The van der Waals surface area contributed by atoms with Gasteiger partial charge in [-0.25, -0.2) is 9.78 Å². The number of amides is 1. The molecule has 9 nitrogen and oxygen atoms in total. The lowest BCUT2D eigenvalue weighted by atomic mass is 10.1. The molecule has 0 fully saturated rings. The van der Waals surface area contributed by atoms with Gasteiger partial charge in [0.15, 0.2) is 11.5 Å². The third-order valence-corrected chi connectivity index (χ3v) is 5.21. The summed E-state index contributed by atoms with van der Waals surface area (Å²) in [5.74, 6) is -1.15. The molecule has 0 bridgehead atoms. The Balaban J connectivity index is 1.69. The number of phenolic OH excluding ortho intramolecular Hbond substituents is 2. The number of aromatic hydroxyl groups is 3. The number of para-hydroxylation sites is 1. The quantitative estimate of drug-likeness (QED) is 0.433. The molecule has 0 radical (unpaired) electrons. The van der Waals surface area contributed by atoms with Crippen molar-refractivity contribution in [3.05, 3.63) is 57.0 Å². The van der Waals surface area contributed by atoms with E-state index < -0.39 is 11.5 Å². The fraction of sp³-hybridized carbons (Fsp3) is 0.100. The van der Waals surface area contributed by atoms with E-state index in [1.165, 1.54) is 36.6 Å². The van der Waals surface area contributed by atoms with Crippen molar-refractivity contribution in [1.82, 2.24) is 4.98 Å². The van der Waals surface area contributed by atoms with Crippen molar-refractivity contribution < 1.29 is 24.5 Å². The number of anilines is 1. The largest absolute Gasteiger partial charge is 0.507 e. The predicted molar refractivity (Wildman–Crippen MR) is 111 cm³/mol. The maximum Gasteiger partial charge on any atom is 0.349 e. The summed E-state index contributed by atoms with van der Waals surface area (Å²) in [6.45, 7) is 3.16. The Hall–Kier alpha value is -3.92. The van der Waals surface area contributed by atoms with Gasteiger partial charge >= 0.3 is 5.63 Å². The van der Waals surface area contributed by atoms with E-state index >= 15 is 0 Å². The maximum atomic E-state index is 12.9. The fourth-order valence-corrected chi connectivity index (χ4v) is 3.70. The van der Waals surface area contributed by atoms with Gasteiger partial charge in [0.1, 0.15) is 17.1 Å². The normalized spacial score (nSPS) is 15.1. The zero-order valence-corrected chi connectivity index (χ0v) is 16.6. The highest BCUT2D eigenvalue weighted by Gasteiger charge is 2.31. The highest BCUT2D eigenvalue weighted by Crippen LogP contribution is 2.35. The van der Waals surface area contributed by atoms with Crippen LogP contribution in [0.3, 0.4) is 0 Å². The molecule has 2 aromatic heterocycles. The molecule has 0 spiro atoms. The molecule has 30 heavy (non-hydrogen) atoms. The van der Waals surface area contributed by atoms with Crippen molar-refractivity contribution in [1.29, 1.82) is 0 Å². The van der Waals surface area contributed by atoms with Crippen molar-refractivity contribution in [2.75, 3.05) is 5.01 Å². The van der Waals surface area contributed by atoms with E-state index in [0.717, 1.165) is 16.3 Å². The van der Waals surface area contributed by atoms with Gasteiger partial charge < -0.3 is 19.7 Å². The van der Waals surface area contributed by atoms with Crippen molar-refractivity contribution in [3.63, 3.8) is 0 Å². The van der Waals surface area contributed by atoms with Crippen LogP contribution in [0, 0.1) is 6.92 Å². The zero-order chi connectivity index (χ0) is 21.6. The number of phenols is 2. The number of hydrazone groups is 1. The summed E-state index contributed by atoms with van der Waals surface area (Å²) in [6.07, 6.45) is 1.42. The van der Waals surface area contributed by atoms with Gasteiger partial charge in [0.2, 0.25) is 5.13 Å². The Bertz CT molecular complexity index is 1300. The third-order valence-electron chi connectivity index (χ3n) is 4.39. The number of thiazole rings is 1. The lowest BCUT2D eigenvalue weighted by Gasteiger charge is -2.07. The maximum absolute atomic E-state index is 12.9. The summed E-state index contributed by atoms with van der Waals surface area (Å²) in [7, 11) is 0. The van der Waals surface area contributed by atoms with E-state index in [1.54, 1.807) is 13.0 Å². The molecule has 10 heteroatoms. The average molecular weight is 425 g/mol. The molecule has 1 amide bonds. The summed E-state index contributed by atoms with van der Waals surface area (Å²) < 4.78 is 5.01. The topological polar surface area (TPSA) is 136 Å². The lowest BCUT2D eigenvalue weighted by Crippen LogP contribution is -2.21. The van der Waals surface area contributed by atoms with E-state index in [4.69, 9.17) is 4.42 Å². The molecular formula is C20H15N3O6S. The number of hydrogen-bond acceptors (Lipinski definition) is 9. The number of nitrogens with zero attached hydrogens (tertiary/aromatic N) is 3. The molecule has 1 aliphatic rings. The first-order valence-corrected chi connectivity index (χ1v) is 9.56. The Morgan fingerprint density at radius 1 is 1.13 bits per heavy atom. The number of hydrogen-bond donors (Lipinski definition) is 3. The van der Waals surface area contributed by atoms with Crippen LogP contribution < -0.4 is 10.6 Å². The fourth-order valence-electron chi connectivity index (χ4n) is 2.94. The van der Waals surface area contributed by atoms with Crippen LogP contribution in [-0.4, -0.2) is 31.9 Å². The predicted octanol–water partition coefficient (Wildman–Crippen LogP) is 2.99. The number of rotatable bonds is 3. The first kappa shape index (κ1) is 19.4. The minimum absolute atomic E-state index is 0.101.